The maximum atomic E-state index is 3.21. The summed E-state index contributed by atoms with van der Waals surface area (Å²) in [5.74, 6) is 0. The van der Waals surface area contributed by atoms with Crippen molar-refractivity contribution >= 4 is 16.9 Å². The predicted molar refractivity (Wildman–Crippen MR) is 47.1 cm³/mol. The second-order valence-corrected chi connectivity index (χ2v) is 3.01. The van der Waals surface area contributed by atoms with E-state index < -0.39 is 0 Å². The molecule has 0 fully saturated rings. The highest BCUT2D eigenvalue weighted by Crippen LogP contribution is 1.85. The standard InChI is InChI=1S/C6H15N3S/c1-7-6(10-4)8-5-9(2)3/h5H2,1-4H3,(H,7,8)/p+1. The maximum Gasteiger partial charge on any atom is 0.304 e. The van der Waals surface area contributed by atoms with Crippen molar-refractivity contribution in [1.82, 2.24) is 10.2 Å². The van der Waals surface area contributed by atoms with Gasteiger partial charge in [0, 0.05) is 0 Å². The van der Waals surface area contributed by atoms with Crippen molar-refractivity contribution in [3.8, 4) is 0 Å². The largest absolute Gasteiger partial charge is 0.304 e. The molecular formula is C6H16N3S+. The van der Waals surface area contributed by atoms with E-state index in [2.05, 4.69) is 15.2 Å². The van der Waals surface area contributed by atoms with Crippen LogP contribution in [0.5, 0.6) is 0 Å². The molecule has 0 saturated heterocycles. The Hall–Kier alpha value is -0.220. The molecule has 0 aromatic rings. The molecule has 0 saturated carbocycles. The first-order valence-electron chi connectivity index (χ1n) is 3.18. The first-order chi connectivity index (χ1) is 4.70. The molecule has 3 nitrogen and oxygen atoms in total. The van der Waals surface area contributed by atoms with E-state index in [-0.39, 0.29) is 0 Å². The second kappa shape index (κ2) is 5.56. The van der Waals surface area contributed by atoms with Gasteiger partial charge in [-0.05, 0) is 32.1 Å². The van der Waals surface area contributed by atoms with Crippen molar-refractivity contribution in [2.24, 2.45) is 0 Å². The summed E-state index contributed by atoms with van der Waals surface area (Å²) in [6, 6.07) is 0. The van der Waals surface area contributed by atoms with Gasteiger partial charge in [0.25, 0.3) is 0 Å². The van der Waals surface area contributed by atoms with Gasteiger partial charge >= 0.3 is 5.17 Å². The van der Waals surface area contributed by atoms with Crippen LogP contribution in [-0.2, 0) is 0 Å². The molecule has 0 spiro atoms. The quantitative estimate of drug-likeness (QED) is 0.295. The zero-order valence-corrected chi connectivity index (χ0v) is 7.88. The van der Waals surface area contributed by atoms with Crippen LogP contribution < -0.4 is 10.3 Å². The molecule has 0 heterocycles. The van der Waals surface area contributed by atoms with Crippen molar-refractivity contribution in [3.63, 3.8) is 0 Å². The molecule has 0 rings (SSSR count). The van der Waals surface area contributed by atoms with Crippen LogP contribution in [-0.4, -0.2) is 44.1 Å². The summed E-state index contributed by atoms with van der Waals surface area (Å²) in [6.07, 6.45) is 2.04. The van der Waals surface area contributed by atoms with E-state index in [0.717, 1.165) is 11.8 Å². The molecule has 0 radical (unpaired) electrons. The molecule has 2 N–H and O–H groups in total. The van der Waals surface area contributed by atoms with Gasteiger partial charge < -0.3 is 0 Å². The van der Waals surface area contributed by atoms with Crippen LogP contribution in [0.1, 0.15) is 0 Å². The van der Waals surface area contributed by atoms with Gasteiger partial charge in [-0.15, -0.1) is 0 Å². The molecule has 0 amide bonds. The summed E-state index contributed by atoms with van der Waals surface area (Å²) >= 11 is 1.68. The third-order valence-electron chi connectivity index (χ3n) is 0.987. The summed E-state index contributed by atoms with van der Waals surface area (Å²) in [5.41, 5.74) is 0. The molecule has 60 valence electrons. The summed E-state index contributed by atoms with van der Waals surface area (Å²) in [7, 11) is 5.97. The van der Waals surface area contributed by atoms with Gasteiger partial charge in [0.15, 0.2) is 0 Å². The summed E-state index contributed by atoms with van der Waals surface area (Å²) in [6.45, 7) is 0.872. The number of rotatable bonds is 2. The number of nitrogens with one attached hydrogen (secondary N) is 2. The topological polar surface area (TPSA) is 29.2 Å². The van der Waals surface area contributed by atoms with Crippen LogP contribution in [0.15, 0.2) is 0 Å². The van der Waals surface area contributed by atoms with E-state index in [4.69, 9.17) is 0 Å². The first kappa shape index (κ1) is 9.78. The molecule has 0 aliphatic rings. The van der Waals surface area contributed by atoms with Gasteiger partial charge in [0.05, 0.1) is 7.05 Å². The molecule has 0 aromatic carbocycles. The zero-order chi connectivity index (χ0) is 7.98. The van der Waals surface area contributed by atoms with Crippen LogP contribution in [0.3, 0.4) is 0 Å². The van der Waals surface area contributed by atoms with Crippen molar-refractivity contribution in [2.75, 3.05) is 34.1 Å². The zero-order valence-electron chi connectivity index (χ0n) is 7.06. The van der Waals surface area contributed by atoms with E-state index >= 15 is 0 Å². The van der Waals surface area contributed by atoms with Gasteiger partial charge in [0.2, 0.25) is 0 Å². The van der Waals surface area contributed by atoms with Crippen molar-refractivity contribution in [3.05, 3.63) is 0 Å². The Morgan fingerprint density at radius 1 is 1.60 bits per heavy atom. The fourth-order valence-electron chi connectivity index (χ4n) is 0.493. The monoisotopic (exact) mass is 162 g/mol. The van der Waals surface area contributed by atoms with Crippen LogP contribution in [0, 0.1) is 0 Å². The Kier molecular flexibility index (Phi) is 5.43. The predicted octanol–water partition coefficient (Wildman–Crippen LogP) is -1.48. The minimum Gasteiger partial charge on any atom is -0.274 e. The highest BCUT2D eigenvalue weighted by atomic mass is 32.2. The number of amidine groups is 1. The molecule has 0 unspecified atom stereocenters. The van der Waals surface area contributed by atoms with Gasteiger partial charge in [-0.1, -0.05) is 0 Å². The van der Waals surface area contributed by atoms with Crippen molar-refractivity contribution in [2.45, 2.75) is 0 Å². The van der Waals surface area contributed by atoms with Gasteiger partial charge in [0.1, 0.15) is 6.67 Å². The minimum absolute atomic E-state index is 0.872. The average Bonchev–Trinajstić information content (AvgIpc) is 1.90. The Balaban J connectivity index is 3.46. The lowest BCUT2D eigenvalue weighted by molar-refractivity contribution is -0.418. The third-order valence-corrected chi connectivity index (χ3v) is 1.74. The van der Waals surface area contributed by atoms with Crippen LogP contribution in [0.2, 0.25) is 0 Å². The lowest BCUT2D eigenvalue weighted by atomic mass is 10.8. The van der Waals surface area contributed by atoms with Crippen LogP contribution in [0.4, 0.5) is 0 Å². The molecular weight excluding hydrogens is 146 g/mol. The average molecular weight is 162 g/mol. The first-order valence-corrected chi connectivity index (χ1v) is 4.40. The summed E-state index contributed by atoms with van der Waals surface area (Å²) in [5, 5.41) is 4.32. The smallest absolute Gasteiger partial charge is 0.274 e. The maximum absolute atomic E-state index is 3.21. The molecule has 0 bridgehead atoms. The summed E-state index contributed by atoms with van der Waals surface area (Å²) < 4.78 is 0. The highest BCUT2D eigenvalue weighted by molar-refractivity contribution is 8.12. The van der Waals surface area contributed by atoms with E-state index in [1.54, 1.807) is 11.8 Å². The van der Waals surface area contributed by atoms with Crippen molar-refractivity contribution in [1.29, 1.82) is 0 Å². The Morgan fingerprint density at radius 3 is 2.50 bits per heavy atom. The van der Waals surface area contributed by atoms with E-state index in [0.29, 0.717) is 0 Å². The number of nitrogens with zero attached hydrogens (tertiary/aromatic N) is 1. The Bertz CT molecular complexity index is 112. The molecule has 0 aromatic heterocycles. The van der Waals surface area contributed by atoms with E-state index in [9.17, 15) is 0 Å². The lowest BCUT2D eigenvalue weighted by Gasteiger charge is -2.06. The minimum atomic E-state index is 0.872. The normalized spacial score (nSPS) is 12.3. The Labute approximate surface area is 66.9 Å². The van der Waals surface area contributed by atoms with Gasteiger partial charge in [-0.3, -0.25) is 15.2 Å². The fourth-order valence-corrected chi connectivity index (χ4v) is 0.906. The number of hydrogen-bond acceptors (Lipinski definition) is 2. The third kappa shape index (κ3) is 4.64. The molecule has 4 heteroatoms. The van der Waals surface area contributed by atoms with E-state index in [1.165, 1.54) is 0 Å². The number of hydrogen-bond donors (Lipinski definition) is 2. The van der Waals surface area contributed by atoms with Crippen LogP contribution >= 0.6 is 11.8 Å². The molecule has 10 heavy (non-hydrogen) atoms. The molecule has 0 aliphatic carbocycles. The van der Waals surface area contributed by atoms with Gasteiger partial charge in [-0.25, -0.2) is 0 Å². The highest BCUT2D eigenvalue weighted by Gasteiger charge is 2.00. The van der Waals surface area contributed by atoms with Gasteiger partial charge in [-0.2, -0.15) is 0 Å². The van der Waals surface area contributed by atoms with Crippen molar-refractivity contribution < 1.29 is 4.99 Å². The Morgan fingerprint density at radius 2 is 2.20 bits per heavy atom. The number of thioether (sulfide) groups is 1. The molecule has 0 aliphatic heterocycles. The SMILES string of the molecule is C[NH+]=C(NCN(C)C)SC. The summed E-state index contributed by atoms with van der Waals surface area (Å²) in [4.78, 5) is 5.13. The second-order valence-electron chi connectivity index (χ2n) is 2.20. The van der Waals surface area contributed by atoms with E-state index in [1.807, 2.05) is 27.4 Å². The molecule has 0 atom stereocenters. The lowest BCUT2D eigenvalue weighted by Crippen LogP contribution is -2.70. The fraction of sp³-hybridized carbons (Fsp3) is 0.833. The van der Waals surface area contributed by atoms with Crippen LogP contribution in [0.25, 0.3) is 0 Å².